The van der Waals surface area contributed by atoms with Crippen molar-refractivity contribution in [3.63, 3.8) is 0 Å². The Kier molecular flexibility index (Phi) is 4.19. The number of anilines is 1. The molecule has 1 aromatic heterocycles. The number of nitro groups is 1. The zero-order valence-corrected chi connectivity index (χ0v) is 11.7. The predicted molar refractivity (Wildman–Crippen MR) is 73.3 cm³/mol. The van der Waals surface area contributed by atoms with Gasteiger partial charge in [-0.3, -0.25) is 10.1 Å². The minimum absolute atomic E-state index is 0.0182. The molecule has 3 atom stereocenters. The summed E-state index contributed by atoms with van der Waals surface area (Å²) in [5.74, 6) is 1.26. The van der Waals surface area contributed by atoms with Crippen LogP contribution in [0.5, 0.6) is 0 Å². The van der Waals surface area contributed by atoms with Crippen molar-refractivity contribution in [1.82, 2.24) is 9.97 Å². The first kappa shape index (κ1) is 14.0. The van der Waals surface area contributed by atoms with Crippen LogP contribution in [-0.4, -0.2) is 20.9 Å². The van der Waals surface area contributed by atoms with Crippen LogP contribution in [0, 0.1) is 22.0 Å². The summed E-state index contributed by atoms with van der Waals surface area (Å²) in [5, 5.41) is 14.2. The van der Waals surface area contributed by atoms with E-state index in [0.29, 0.717) is 11.8 Å². The van der Waals surface area contributed by atoms with Crippen LogP contribution in [0.1, 0.15) is 33.1 Å². The summed E-state index contributed by atoms with van der Waals surface area (Å²) < 4.78 is 0. The van der Waals surface area contributed by atoms with Crippen molar-refractivity contribution in [2.24, 2.45) is 11.8 Å². The van der Waals surface area contributed by atoms with Gasteiger partial charge in [-0.2, -0.15) is 4.98 Å². The van der Waals surface area contributed by atoms with Gasteiger partial charge in [0.1, 0.15) is 6.20 Å². The van der Waals surface area contributed by atoms with E-state index in [1.807, 2.05) is 0 Å². The monoisotopic (exact) mass is 284 g/mol. The highest BCUT2D eigenvalue weighted by Crippen LogP contribution is 2.33. The van der Waals surface area contributed by atoms with Gasteiger partial charge in [0.25, 0.3) is 0 Å². The van der Waals surface area contributed by atoms with E-state index in [9.17, 15) is 10.1 Å². The van der Waals surface area contributed by atoms with Gasteiger partial charge in [-0.1, -0.05) is 26.7 Å². The van der Waals surface area contributed by atoms with Crippen LogP contribution in [0.25, 0.3) is 0 Å². The Balaban J connectivity index is 2.22. The van der Waals surface area contributed by atoms with Gasteiger partial charge in [0.2, 0.25) is 11.1 Å². The molecule has 2 rings (SSSR count). The van der Waals surface area contributed by atoms with Crippen molar-refractivity contribution >= 4 is 23.1 Å². The Morgan fingerprint density at radius 2 is 2.21 bits per heavy atom. The highest BCUT2D eigenvalue weighted by molar-refractivity contribution is 6.28. The van der Waals surface area contributed by atoms with Crippen molar-refractivity contribution in [2.75, 3.05) is 5.32 Å². The van der Waals surface area contributed by atoms with Crippen molar-refractivity contribution in [3.05, 3.63) is 21.6 Å². The summed E-state index contributed by atoms with van der Waals surface area (Å²) in [6.07, 6.45) is 4.46. The number of nitrogens with zero attached hydrogens (tertiary/aromatic N) is 3. The van der Waals surface area contributed by atoms with E-state index in [0.717, 1.165) is 19.0 Å². The minimum atomic E-state index is -0.490. The van der Waals surface area contributed by atoms with Crippen molar-refractivity contribution in [2.45, 2.75) is 39.2 Å². The smallest absolute Gasteiger partial charge is 0.329 e. The molecule has 0 radical (unpaired) electrons. The summed E-state index contributed by atoms with van der Waals surface area (Å²) in [5.41, 5.74) is -0.130. The van der Waals surface area contributed by atoms with Gasteiger partial charge >= 0.3 is 5.69 Å². The van der Waals surface area contributed by atoms with E-state index >= 15 is 0 Å². The number of hydrogen-bond acceptors (Lipinski definition) is 5. The molecular formula is C12H17ClN4O2. The van der Waals surface area contributed by atoms with E-state index in [4.69, 9.17) is 11.6 Å². The van der Waals surface area contributed by atoms with Crippen LogP contribution in [0.2, 0.25) is 5.28 Å². The molecule has 0 amide bonds. The molecule has 0 saturated heterocycles. The second-order valence-electron chi connectivity index (χ2n) is 5.15. The molecule has 6 nitrogen and oxygen atoms in total. The summed E-state index contributed by atoms with van der Waals surface area (Å²) in [6, 6.07) is 0.188. The topological polar surface area (TPSA) is 81.0 Å². The Hall–Kier alpha value is -1.43. The SMILES string of the molecule is CC1CCCC(Nc2nc(Cl)ncc2[N+](=O)[O-])C1C. The normalized spacial score (nSPS) is 27.0. The second kappa shape index (κ2) is 5.69. The maximum Gasteiger partial charge on any atom is 0.329 e. The summed E-state index contributed by atoms with van der Waals surface area (Å²) in [4.78, 5) is 18.1. The lowest BCUT2D eigenvalue weighted by Crippen LogP contribution is -2.35. The van der Waals surface area contributed by atoms with Crippen LogP contribution in [0.4, 0.5) is 11.5 Å². The van der Waals surface area contributed by atoms with E-state index in [1.165, 1.54) is 6.42 Å². The van der Waals surface area contributed by atoms with E-state index in [-0.39, 0.29) is 22.8 Å². The first-order chi connectivity index (χ1) is 8.99. The standard InChI is InChI=1S/C12H17ClN4O2/c1-7-4-3-5-9(8(7)2)15-11-10(17(18)19)6-14-12(13)16-11/h6-9H,3-5H2,1-2H3,(H,14,15,16). The molecule has 1 aromatic rings. The van der Waals surface area contributed by atoms with Crippen molar-refractivity contribution in [3.8, 4) is 0 Å². The van der Waals surface area contributed by atoms with Gasteiger partial charge in [0.15, 0.2) is 0 Å². The summed E-state index contributed by atoms with van der Waals surface area (Å²) >= 11 is 5.72. The average molecular weight is 285 g/mol. The predicted octanol–water partition coefficient (Wildman–Crippen LogP) is 3.27. The van der Waals surface area contributed by atoms with Gasteiger partial charge in [0.05, 0.1) is 4.92 Å². The lowest BCUT2D eigenvalue weighted by Gasteiger charge is -2.34. The molecule has 1 aliphatic rings. The molecule has 0 bridgehead atoms. The maximum absolute atomic E-state index is 11.0. The highest BCUT2D eigenvalue weighted by Gasteiger charge is 2.29. The van der Waals surface area contributed by atoms with Crippen molar-refractivity contribution < 1.29 is 4.92 Å². The van der Waals surface area contributed by atoms with Crippen LogP contribution < -0.4 is 5.32 Å². The molecule has 1 aliphatic carbocycles. The van der Waals surface area contributed by atoms with Crippen LogP contribution in [0.15, 0.2) is 6.20 Å². The third kappa shape index (κ3) is 3.12. The Morgan fingerprint density at radius 3 is 2.89 bits per heavy atom. The van der Waals surface area contributed by atoms with Gasteiger partial charge in [-0.25, -0.2) is 4.98 Å². The third-order valence-electron chi connectivity index (χ3n) is 3.97. The largest absolute Gasteiger partial charge is 0.361 e. The molecule has 0 aliphatic heterocycles. The first-order valence-corrected chi connectivity index (χ1v) is 6.80. The molecule has 7 heteroatoms. The van der Waals surface area contributed by atoms with Crippen molar-refractivity contribution in [1.29, 1.82) is 0 Å². The lowest BCUT2D eigenvalue weighted by atomic mass is 9.78. The number of halogens is 1. The molecule has 1 saturated carbocycles. The second-order valence-corrected chi connectivity index (χ2v) is 5.49. The average Bonchev–Trinajstić information content (AvgIpc) is 2.35. The molecule has 1 fully saturated rings. The summed E-state index contributed by atoms with van der Waals surface area (Å²) in [6.45, 7) is 4.37. The fourth-order valence-corrected chi connectivity index (χ4v) is 2.69. The minimum Gasteiger partial charge on any atom is -0.361 e. The molecule has 0 aromatic carbocycles. The number of nitrogens with one attached hydrogen (secondary N) is 1. The maximum atomic E-state index is 11.0. The molecule has 0 spiro atoms. The summed E-state index contributed by atoms with van der Waals surface area (Å²) in [7, 11) is 0. The van der Waals surface area contributed by atoms with Gasteiger partial charge in [0, 0.05) is 6.04 Å². The van der Waals surface area contributed by atoms with Crippen LogP contribution >= 0.6 is 11.6 Å². The van der Waals surface area contributed by atoms with Crippen LogP contribution in [0.3, 0.4) is 0 Å². The first-order valence-electron chi connectivity index (χ1n) is 6.42. The van der Waals surface area contributed by atoms with Crippen LogP contribution in [-0.2, 0) is 0 Å². The molecule has 1 N–H and O–H groups in total. The Bertz CT molecular complexity index is 483. The van der Waals surface area contributed by atoms with Gasteiger partial charge < -0.3 is 5.32 Å². The van der Waals surface area contributed by atoms with Gasteiger partial charge in [-0.05, 0) is 29.9 Å². The number of rotatable bonds is 3. The molecule has 1 heterocycles. The third-order valence-corrected chi connectivity index (χ3v) is 4.15. The number of aromatic nitrogens is 2. The fourth-order valence-electron chi connectivity index (χ4n) is 2.56. The lowest BCUT2D eigenvalue weighted by molar-refractivity contribution is -0.384. The Labute approximate surface area is 116 Å². The molecule has 19 heavy (non-hydrogen) atoms. The number of hydrogen-bond donors (Lipinski definition) is 1. The quantitative estimate of drug-likeness (QED) is 0.523. The van der Waals surface area contributed by atoms with E-state index in [2.05, 4.69) is 29.1 Å². The zero-order chi connectivity index (χ0) is 14.0. The molecular weight excluding hydrogens is 268 g/mol. The Morgan fingerprint density at radius 1 is 1.47 bits per heavy atom. The highest BCUT2D eigenvalue weighted by atomic mass is 35.5. The van der Waals surface area contributed by atoms with E-state index in [1.54, 1.807) is 0 Å². The molecule has 3 unspecified atom stereocenters. The zero-order valence-electron chi connectivity index (χ0n) is 11.0. The fraction of sp³-hybridized carbons (Fsp3) is 0.667. The van der Waals surface area contributed by atoms with E-state index < -0.39 is 4.92 Å². The van der Waals surface area contributed by atoms with Gasteiger partial charge in [-0.15, -0.1) is 0 Å². The molecule has 104 valence electrons.